The van der Waals surface area contributed by atoms with Gasteiger partial charge in [-0.3, -0.25) is 0 Å². The van der Waals surface area contributed by atoms with Crippen LogP contribution in [0.1, 0.15) is 24.3 Å². The molecule has 0 saturated carbocycles. The highest BCUT2D eigenvalue weighted by atomic mass is 35.5. The largest absolute Gasteiger partial charge is 0.494 e. The molecule has 0 aliphatic carbocycles. The SMILES string of the molecule is COc1cc(C2CCCNC2)cc(F)c1F.Cl. The first-order valence-corrected chi connectivity index (χ1v) is 5.46. The lowest BCUT2D eigenvalue weighted by Crippen LogP contribution is -2.28. The fourth-order valence-electron chi connectivity index (χ4n) is 2.10. The van der Waals surface area contributed by atoms with Crippen LogP contribution < -0.4 is 10.1 Å². The van der Waals surface area contributed by atoms with Crippen LogP contribution in [0.15, 0.2) is 12.1 Å². The van der Waals surface area contributed by atoms with Crippen LogP contribution >= 0.6 is 12.4 Å². The summed E-state index contributed by atoms with van der Waals surface area (Å²) in [5.41, 5.74) is 0.808. The monoisotopic (exact) mass is 263 g/mol. The summed E-state index contributed by atoms with van der Waals surface area (Å²) in [4.78, 5) is 0. The highest BCUT2D eigenvalue weighted by molar-refractivity contribution is 5.85. The van der Waals surface area contributed by atoms with Gasteiger partial charge in [0.2, 0.25) is 5.82 Å². The minimum Gasteiger partial charge on any atom is -0.494 e. The molecule has 17 heavy (non-hydrogen) atoms. The second-order valence-electron chi connectivity index (χ2n) is 4.06. The van der Waals surface area contributed by atoms with Crippen LogP contribution in [0.25, 0.3) is 0 Å². The van der Waals surface area contributed by atoms with E-state index in [4.69, 9.17) is 4.74 Å². The first-order valence-electron chi connectivity index (χ1n) is 5.46. The Balaban J connectivity index is 0.00000144. The van der Waals surface area contributed by atoms with Crippen LogP contribution in [0.3, 0.4) is 0 Å². The highest BCUT2D eigenvalue weighted by Gasteiger charge is 2.19. The van der Waals surface area contributed by atoms with Crippen LogP contribution in [-0.2, 0) is 0 Å². The van der Waals surface area contributed by atoms with E-state index >= 15 is 0 Å². The normalized spacial score (nSPS) is 19.6. The van der Waals surface area contributed by atoms with Gasteiger partial charge in [0.1, 0.15) is 0 Å². The Hall–Kier alpha value is -0.870. The molecule has 1 aromatic rings. The van der Waals surface area contributed by atoms with E-state index in [1.807, 2.05) is 0 Å². The third-order valence-corrected chi connectivity index (χ3v) is 3.01. The summed E-state index contributed by atoms with van der Waals surface area (Å²) in [7, 11) is 1.35. The molecule has 2 rings (SSSR count). The molecular formula is C12H16ClF2NO. The van der Waals surface area contributed by atoms with Crippen molar-refractivity contribution < 1.29 is 13.5 Å². The molecule has 1 aromatic carbocycles. The first-order chi connectivity index (χ1) is 7.72. The third kappa shape index (κ3) is 3.07. The van der Waals surface area contributed by atoms with Gasteiger partial charge in [0.15, 0.2) is 11.6 Å². The van der Waals surface area contributed by atoms with Crippen molar-refractivity contribution in [3.05, 3.63) is 29.3 Å². The Kier molecular flexibility index (Phi) is 5.15. The molecule has 0 spiro atoms. The summed E-state index contributed by atoms with van der Waals surface area (Å²) >= 11 is 0. The van der Waals surface area contributed by atoms with Gasteiger partial charge in [0, 0.05) is 6.54 Å². The smallest absolute Gasteiger partial charge is 0.200 e. The fraction of sp³-hybridized carbons (Fsp3) is 0.500. The average molecular weight is 264 g/mol. The average Bonchev–Trinajstić information content (AvgIpc) is 2.33. The third-order valence-electron chi connectivity index (χ3n) is 3.01. The molecule has 96 valence electrons. The van der Waals surface area contributed by atoms with Crippen molar-refractivity contribution in [3.63, 3.8) is 0 Å². The first kappa shape index (κ1) is 14.2. The Morgan fingerprint density at radius 2 is 2.12 bits per heavy atom. The number of hydrogen-bond donors (Lipinski definition) is 1. The van der Waals surface area contributed by atoms with Gasteiger partial charge in [-0.25, -0.2) is 4.39 Å². The number of rotatable bonds is 2. The van der Waals surface area contributed by atoms with Gasteiger partial charge in [-0.2, -0.15) is 4.39 Å². The van der Waals surface area contributed by atoms with Crippen LogP contribution in [-0.4, -0.2) is 20.2 Å². The van der Waals surface area contributed by atoms with Crippen LogP contribution in [0.4, 0.5) is 8.78 Å². The predicted molar refractivity (Wildman–Crippen MR) is 65.0 cm³/mol. The van der Waals surface area contributed by atoms with Crippen molar-refractivity contribution in [3.8, 4) is 5.75 Å². The molecule has 0 radical (unpaired) electrons. The lowest BCUT2D eigenvalue weighted by atomic mass is 9.91. The molecule has 1 fully saturated rings. The number of methoxy groups -OCH3 is 1. The van der Waals surface area contributed by atoms with E-state index in [1.54, 1.807) is 6.07 Å². The van der Waals surface area contributed by atoms with E-state index in [1.165, 1.54) is 13.2 Å². The summed E-state index contributed by atoms with van der Waals surface area (Å²) in [6.07, 6.45) is 2.06. The van der Waals surface area contributed by atoms with Gasteiger partial charge >= 0.3 is 0 Å². The number of hydrogen-bond acceptors (Lipinski definition) is 2. The number of benzene rings is 1. The maximum Gasteiger partial charge on any atom is 0.200 e. The van der Waals surface area contributed by atoms with E-state index in [9.17, 15) is 8.78 Å². The van der Waals surface area contributed by atoms with E-state index in [0.717, 1.165) is 31.5 Å². The zero-order valence-electron chi connectivity index (χ0n) is 9.63. The molecule has 0 amide bonds. The molecule has 5 heteroatoms. The lowest BCUT2D eigenvalue weighted by molar-refractivity contribution is 0.368. The molecule has 1 unspecified atom stereocenters. The van der Waals surface area contributed by atoms with Gasteiger partial charge in [-0.05, 0) is 43.0 Å². The molecule has 1 atom stereocenters. The second-order valence-corrected chi connectivity index (χ2v) is 4.06. The summed E-state index contributed by atoms with van der Waals surface area (Å²) in [5, 5.41) is 3.25. The van der Waals surface area contributed by atoms with Gasteiger partial charge in [0.25, 0.3) is 0 Å². The Morgan fingerprint density at radius 3 is 2.71 bits per heavy atom. The van der Waals surface area contributed by atoms with Crippen molar-refractivity contribution in [2.24, 2.45) is 0 Å². The maximum atomic E-state index is 13.3. The topological polar surface area (TPSA) is 21.3 Å². The number of nitrogens with one attached hydrogen (secondary N) is 1. The standard InChI is InChI=1S/C12H15F2NO.ClH/c1-16-11-6-9(5-10(13)12(11)14)8-3-2-4-15-7-8;/h5-6,8,15H,2-4,7H2,1H3;1H. The minimum absolute atomic E-state index is 0. The molecule has 2 nitrogen and oxygen atoms in total. The molecule has 1 saturated heterocycles. The van der Waals surface area contributed by atoms with Gasteiger partial charge < -0.3 is 10.1 Å². The van der Waals surface area contributed by atoms with Crippen molar-refractivity contribution in [2.45, 2.75) is 18.8 Å². The van der Waals surface area contributed by atoms with Crippen molar-refractivity contribution in [2.75, 3.05) is 20.2 Å². The molecule has 1 aliphatic rings. The number of halogens is 3. The summed E-state index contributed by atoms with van der Waals surface area (Å²) in [6, 6.07) is 2.87. The van der Waals surface area contributed by atoms with Crippen LogP contribution in [0.2, 0.25) is 0 Å². The summed E-state index contributed by atoms with van der Waals surface area (Å²) in [5.74, 6) is -1.51. The van der Waals surface area contributed by atoms with Crippen molar-refractivity contribution >= 4 is 12.4 Å². The number of piperidine rings is 1. The predicted octanol–water partition coefficient (Wildman–Crippen LogP) is 2.86. The Morgan fingerprint density at radius 1 is 1.35 bits per heavy atom. The molecular weight excluding hydrogens is 248 g/mol. The van der Waals surface area contributed by atoms with E-state index in [2.05, 4.69) is 5.32 Å². The zero-order chi connectivity index (χ0) is 11.5. The van der Waals surface area contributed by atoms with Crippen molar-refractivity contribution in [1.82, 2.24) is 5.32 Å². The van der Waals surface area contributed by atoms with E-state index in [-0.39, 0.29) is 24.1 Å². The second kappa shape index (κ2) is 6.17. The summed E-state index contributed by atoms with van der Waals surface area (Å²) < 4.78 is 31.4. The maximum absolute atomic E-state index is 13.3. The molecule has 1 N–H and O–H groups in total. The minimum atomic E-state index is -0.907. The molecule has 0 bridgehead atoms. The zero-order valence-corrected chi connectivity index (χ0v) is 10.4. The quantitative estimate of drug-likeness (QED) is 0.886. The van der Waals surface area contributed by atoms with Crippen LogP contribution in [0, 0.1) is 11.6 Å². The van der Waals surface area contributed by atoms with Crippen molar-refractivity contribution in [1.29, 1.82) is 0 Å². The molecule has 1 aliphatic heterocycles. The van der Waals surface area contributed by atoms with E-state index < -0.39 is 11.6 Å². The summed E-state index contributed by atoms with van der Waals surface area (Å²) in [6.45, 7) is 1.81. The highest BCUT2D eigenvalue weighted by Crippen LogP contribution is 2.29. The van der Waals surface area contributed by atoms with Crippen LogP contribution in [0.5, 0.6) is 5.75 Å². The van der Waals surface area contributed by atoms with Gasteiger partial charge in [0.05, 0.1) is 7.11 Å². The molecule has 0 aromatic heterocycles. The van der Waals surface area contributed by atoms with Gasteiger partial charge in [-0.1, -0.05) is 0 Å². The Bertz CT molecular complexity index is 381. The fourth-order valence-corrected chi connectivity index (χ4v) is 2.10. The number of ether oxygens (including phenoxy) is 1. The Labute approximate surface area is 106 Å². The van der Waals surface area contributed by atoms with E-state index in [0.29, 0.717) is 0 Å². The van der Waals surface area contributed by atoms with Gasteiger partial charge in [-0.15, -0.1) is 12.4 Å². The lowest BCUT2D eigenvalue weighted by Gasteiger charge is -2.23. The molecule has 1 heterocycles.